The van der Waals surface area contributed by atoms with Crippen LogP contribution in [0.3, 0.4) is 0 Å². The van der Waals surface area contributed by atoms with E-state index in [1.54, 1.807) is 25.2 Å². The van der Waals surface area contributed by atoms with Gasteiger partial charge in [-0.1, -0.05) is 13.8 Å². The number of hydrogen-bond acceptors (Lipinski definition) is 4. The Labute approximate surface area is 130 Å². The first-order valence-electron chi connectivity index (χ1n) is 7.21. The molecule has 0 aliphatic carbocycles. The Kier molecular flexibility index (Phi) is 4.69. The van der Waals surface area contributed by atoms with Crippen molar-refractivity contribution >= 4 is 11.3 Å². The summed E-state index contributed by atoms with van der Waals surface area (Å²) in [6, 6.07) is 7.97. The highest BCUT2D eigenvalue weighted by Crippen LogP contribution is 2.34. The van der Waals surface area contributed by atoms with Crippen LogP contribution in [0, 0.1) is 12.8 Å². The van der Waals surface area contributed by atoms with Crippen LogP contribution in [-0.4, -0.2) is 16.7 Å². The lowest BCUT2D eigenvalue weighted by Gasteiger charge is -2.14. The zero-order chi connectivity index (χ0) is 15.6. The lowest BCUT2D eigenvalue weighted by Crippen LogP contribution is -2.14. The summed E-state index contributed by atoms with van der Waals surface area (Å²) in [5.41, 5.74) is 1.10. The van der Waals surface area contributed by atoms with Crippen molar-refractivity contribution < 1.29 is 9.84 Å². The molecule has 0 unspecified atom stereocenters. The van der Waals surface area contributed by atoms with Crippen molar-refractivity contribution in [3.05, 3.63) is 34.8 Å². The summed E-state index contributed by atoms with van der Waals surface area (Å²) in [5, 5.41) is 11.1. The summed E-state index contributed by atoms with van der Waals surface area (Å²) in [4.78, 5) is 5.48. The van der Waals surface area contributed by atoms with E-state index < -0.39 is 5.60 Å². The number of aryl methyl sites for hydroxylation is 1. The van der Waals surface area contributed by atoms with Crippen LogP contribution in [-0.2, 0) is 5.60 Å². The second kappa shape index (κ2) is 6.16. The molecular weight excluding hydrogens is 282 g/mol. The molecule has 0 bridgehead atoms. The second-order valence-corrected chi connectivity index (χ2v) is 7.22. The van der Waals surface area contributed by atoms with Crippen LogP contribution in [0.25, 0.3) is 10.6 Å². The van der Waals surface area contributed by atoms with Crippen LogP contribution in [0.4, 0.5) is 0 Å². The van der Waals surface area contributed by atoms with Gasteiger partial charge in [0.05, 0.1) is 22.8 Å². The Balaban J connectivity index is 2.19. The van der Waals surface area contributed by atoms with Crippen LogP contribution in [0.1, 0.15) is 38.3 Å². The van der Waals surface area contributed by atoms with E-state index >= 15 is 0 Å². The molecule has 0 aliphatic rings. The molecule has 0 saturated carbocycles. The minimum Gasteiger partial charge on any atom is -0.493 e. The zero-order valence-corrected chi connectivity index (χ0v) is 14.1. The third-order valence-corrected chi connectivity index (χ3v) is 4.56. The Hall–Kier alpha value is -1.39. The molecule has 0 spiro atoms. The van der Waals surface area contributed by atoms with Gasteiger partial charge in [-0.25, -0.2) is 4.98 Å². The number of aromatic nitrogens is 1. The fourth-order valence-corrected chi connectivity index (χ4v) is 3.12. The Bertz CT molecular complexity index is 594. The van der Waals surface area contributed by atoms with Crippen LogP contribution in [0.5, 0.6) is 5.75 Å². The van der Waals surface area contributed by atoms with E-state index in [1.165, 1.54) is 0 Å². The average Bonchev–Trinajstić information content (AvgIpc) is 2.79. The topological polar surface area (TPSA) is 42.4 Å². The van der Waals surface area contributed by atoms with Crippen molar-refractivity contribution in [2.45, 2.75) is 40.2 Å². The number of nitrogens with zero attached hydrogens (tertiary/aromatic N) is 1. The molecule has 1 N–H and O–H groups in total. The lowest BCUT2D eigenvalue weighted by atomic mass is 10.1. The van der Waals surface area contributed by atoms with Gasteiger partial charge in [-0.15, -0.1) is 11.3 Å². The molecule has 4 heteroatoms. The van der Waals surface area contributed by atoms with Crippen molar-refractivity contribution in [1.82, 2.24) is 4.98 Å². The summed E-state index contributed by atoms with van der Waals surface area (Å²) < 4.78 is 5.68. The number of hydrogen-bond donors (Lipinski definition) is 1. The second-order valence-electron chi connectivity index (χ2n) is 6.22. The van der Waals surface area contributed by atoms with E-state index in [0.717, 1.165) is 33.5 Å². The predicted molar refractivity (Wildman–Crippen MR) is 87.9 cm³/mol. The molecule has 1 aromatic heterocycles. The van der Waals surface area contributed by atoms with Gasteiger partial charge < -0.3 is 9.84 Å². The first kappa shape index (κ1) is 16.0. The number of aliphatic hydroxyl groups is 1. The molecule has 0 atom stereocenters. The van der Waals surface area contributed by atoms with E-state index in [1.807, 2.05) is 31.2 Å². The quantitative estimate of drug-likeness (QED) is 0.891. The van der Waals surface area contributed by atoms with Crippen molar-refractivity contribution in [3.8, 4) is 16.3 Å². The van der Waals surface area contributed by atoms with E-state index in [0.29, 0.717) is 5.92 Å². The van der Waals surface area contributed by atoms with Gasteiger partial charge in [-0.2, -0.15) is 0 Å². The van der Waals surface area contributed by atoms with Gasteiger partial charge in [0.15, 0.2) is 0 Å². The number of rotatable bonds is 5. The number of thiazole rings is 1. The third-order valence-electron chi connectivity index (χ3n) is 3.04. The highest BCUT2D eigenvalue weighted by atomic mass is 32.1. The molecule has 0 amide bonds. The molecule has 114 valence electrons. The van der Waals surface area contributed by atoms with Gasteiger partial charge in [-0.3, -0.25) is 0 Å². The molecule has 1 heterocycles. The lowest BCUT2D eigenvalue weighted by molar-refractivity contribution is 0.0817. The number of ether oxygens (including phenoxy) is 1. The fourth-order valence-electron chi connectivity index (χ4n) is 2.04. The Morgan fingerprint density at radius 3 is 2.33 bits per heavy atom. The maximum Gasteiger partial charge on any atom is 0.123 e. The minimum atomic E-state index is -0.847. The van der Waals surface area contributed by atoms with Crippen molar-refractivity contribution in [1.29, 1.82) is 0 Å². The molecule has 1 aromatic carbocycles. The minimum absolute atomic E-state index is 0.514. The maximum absolute atomic E-state index is 10.1. The van der Waals surface area contributed by atoms with Gasteiger partial charge in [0.1, 0.15) is 10.8 Å². The van der Waals surface area contributed by atoms with E-state index in [-0.39, 0.29) is 0 Å². The van der Waals surface area contributed by atoms with Crippen molar-refractivity contribution in [2.24, 2.45) is 5.92 Å². The molecule has 0 aliphatic heterocycles. The maximum atomic E-state index is 10.1. The van der Waals surface area contributed by atoms with Crippen LogP contribution in [0.2, 0.25) is 0 Å². The highest BCUT2D eigenvalue weighted by molar-refractivity contribution is 7.15. The molecule has 2 aromatic rings. The molecule has 0 fully saturated rings. The normalized spacial score (nSPS) is 12.0. The van der Waals surface area contributed by atoms with E-state index in [9.17, 15) is 5.11 Å². The first-order valence-corrected chi connectivity index (χ1v) is 8.02. The first-order chi connectivity index (χ1) is 9.77. The van der Waals surface area contributed by atoms with Gasteiger partial charge in [0.25, 0.3) is 0 Å². The fraction of sp³-hybridized carbons (Fsp3) is 0.471. The summed E-state index contributed by atoms with van der Waals surface area (Å²) in [5.74, 6) is 1.39. The predicted octanol–water partition coefficient (Wildman–Crippen LogP) is 4.38. The standard InChI is InChI=1S/C17H23NO2S/c1-11(2)10-20-14-8-6-13(7-9-14)16-18-12(3)15(21-16)17(4,5)19/h6-9,11,19H,10H2,1-5H3. The third kappa shape index (κ3) is 4.05. The van der Waals surface area contributed by atoms with Crippen LogP contribution in [0.15, 0.2) is 24.3 Å². The highest BCUT2D eigenvalue weighted by Gasteiger charge is 2.23. The van der Waals surface area contributed by atoms with Gasteiger partial charge in [-0.05, 0) is 51.0 Å². The van der Waals surface area contributed by atoms with Gasteiger partial charge in [0.2, 0.25) is 0 Å². The molecular formula is C17H23NO2S. The largest absolute Gasteiger partial charge is 0.493 e. The summed E-state index contributed by atoms with van der Waals surface area (Å²) in [6.07, 6.45) is 0. The Morgan fingerprint density at radius 2 is 1.86 bits per heavy atom. The molecule has 0 radical (unpaired) electrons. The monoisotopic (exact) mass is 305 g/mol. The molecule has 0 saturated heterocycles. The van der Waals surface area contributed by atoms with E-state index in [2.05, 4.69) is 18.8 Å². The van der Waals surface area contributed by atoms with Gasteiger partial charge >= 0.3 is 0 Å². The Morgan fingerprint density at radius 1 is 1.24 bits per heavy atom. The summed E-state index contributed by atoms with van der Waals surface area (Å²) in [6.45, 7) is 10.5. The van der Waals surface area contributed by atoms with Crippen LogP contribution >= 0.6 is 11.3 Å². The molecule has 2 rings (SSSR count). The number of benzene rings is 1. The smallest absolute Gasteiger partial charge is 0.123 e. The molecule has 3 nitrogen and oxygen atoms in total. The molecule has 21 heavy (non-hydrogen) atoms. The summed E-state index contributed by atoms with van der Waals surface area (Å²) in [7, 11) is 0. The average molecular weight is 305 g/mol. The summed E-state index contributed by atoms with van der Waals surface area (Å²) >= 11 is 1.54. The van der Waals surface area contributed by atoms with Crippen LogP contribution < -0.4 is 4.74 Å². The van der Waals surface area contributed by atoms with Gasteiger partial charge in [0, 0.05) is 5.56 Å². The van der Waals surface area contributed by atoms with Crippen molar-refractivity contribution in [3.63, 3.8) is 0 Å². The SMILES string of the molecule is Cc1nc(-c2ccc(OCC(C)C)cc2)sc1C(C)(C)O. The van der Waals surface area contributed by atoms with Crippen molar-refractivity contribution in [2.75, 3.05) is 6.61 Å². The zero-order valence-electron chi connectivity index (χ0n) is 13.3. The van der Waals surface area contributed by atoms with E-state index in [4.69, 9.17) is 4.74 Å².